The highest BCUT2D eigenvalue weighted by Crippen LogP contribution is 2.23. The lowest BCUT2D eigenvalue weighted by Crippen LogP contribution is -2.40. The van der Waals surface area contributed by atoms with E-state index in [1.165, 1.54) is 12.1 Å². The molecular weight excluding hydrogens is 257 g/mol. The van der Waals surface area contributed by atoms with Gasteiger partial charge >= 0.3 is 0 Å². The molecule has 0 atom stereocenters. The number of nitrogens with zero attached hydrogens (tertiary/aromatic N) is 1. The predicted molar refractivity (Wildman–Crippen MR) is 64.1 cm³/mol. The van der Waals surface area contributed by atoms with Crippen LogP contribution in [-0.4, -0.2) is 31.6 Å². The minimum absolute atomic E-state index is 0.0581. The summed E-state index contributed by atoms with van der Waals surface area (Å²) >= 11 is 0. The molecule has 1 aliphatic rings. The van der Waals surface area contributed by atoms with Crippen LogP contribution in [0.1, 0.15) is 18.4 Å². The van der Waals surface area contributed by atoms with Crippen LogP contribution < -0.4 is 0 Å². The summed E-state index contributed by atoms with van der Waals surface area (Å²) in [7, 11) is -3.78. The van der Waals surface area contributed by atoms with E-state index in [1.807, 2.05) is 0 Å². The number of carbonyl (C=O) groups is 1. The Balaban J connectivity index is 2.41. The first kappa shape index (κ1) is 13.2. The van der Waals surface area contributed by atoms with Gasteiger partial charge in [0.05, 0.1) is 11.4 Å². The fraction of sp³-hybridized carbons (Fsp3) is 0.417. The van der Waals surface area contributed by atoms with Crippen molar-refractivity contribution >= 4 is 15.8 Å². The summed E-state index contributed by atoms with van der Waals surface area (Å²) in [6, 6.07) is 3.65. The van der Waals surface area contributed by atoms with Crippen LogP contribution in [0.15, 0.2) is 23.1 Å². The fourth-order valence-electron chi connectivity index (χ4n) is 2.00. The summed E-state index contributed by atoms with van der Waals surface area (Å²) in [4.78, 5) is 11.3. The highest BCUT2D eigenvalue weighted by Gasteiger charge is 2.30. The number of hydrogen-bond donors (Lipinski definition) is 0. The van der Waals surface area contributed by atoms with Gasteiger partial charge in [-0.25, -0.2) is 12.8 Å². The van der Waals surface area contributed by atoms with Gasteiger partial charge in [0.15, 0.2) is 0 Å². The van der Waals surface area contributed by atoms with E-state index < -0.39 is 15.8 Å². The number of sulfonamides is 1. The van der Waals surface area contributed by atoms with Gasteiger partial charge in [-0.3, -0.25) is 4.79 Å². The SMILES string of the molecule is Cc1ccc(F)cc1S(=O)(=O)N1CCCC(=O)C1. The first-order valence-corrected chi connectivity index (χ1v) is 7.13. The summed E-state index contributed by atoms with van der Waals surface area (Å²) in [5, 5.41) is 0. The molecule has 98 valence electrons. The molecule has 1 aromatic carbocycles. The summed E-state index contributed by atoms with van der Waals surface area (Å²) in [6.07, 6.45) is 0.931. The molecule has 4 nitrogen and oxygen atoms in total. The number of hydrogen-bond acceptors (Lipinski definition) is 3. The van der Waals surface area contributed by atoms with Crippen molar-refractivity contribution in [1.82, 2.24) is 4.31 Å². The highest BCUT2D eigenvalue weighted by atomic mass is 32.2. The van der Waals surface area contributed by atoms with Crippen LogP contribution in [0.4, 0.5) is 4.39 Å². The molecule has 0 unspecified atom stereocenters. The van der Waals surface area contributed by atoms with Crippen LogP contribution in [0.2, 0.25) is 0 Å². The number of piperidine rings is 1. The molecule has 0 spiro atoms. The summed E-state index contributed by atoms with van der Waals surface area (Å²) in [5.41, 5.74) is 0.481. The van der Waals surface area contributed by atoms with Crippen molar-refractivity contribution in [1.29, 1.82) is 0 Å². The molecule has 0 bridgehead atoms. The minimum atomic E-state index is -3.78. The number of halogens is 1. The normalized spacial score (nSPS) is 18.0. The van der Waals surface area contributed by atoms with Gasteiger partial charge in [0, 0.05) is 13.0 Å². The van der Waals surface area contributed by atoms with Crippen molar-refractivity contribution in [3.8, 4) is 0 Å². The lowest BCUT2D eigenvalue weighted by atomic mass is 10.1. The molecule has 0 amide bonds. The van der Waals surface area contributed by atoms with Crippen molar-refractivity contribution in [2.45, 2.75) is 24.7 Å². The highest BCUT2D eigenvalue weighted by molar-refractivity contribution is 7.89. The Morgan fingerprint density at radius 3 is 2.72 bits per heavy atom. The fourth-order valence-corrected chi connectivity index (χ4v) is 3.70. The Kier molecular flexibility index (Phi) is 3.49. The van der Waals surface area contributed by atoms with E-state index in [-0.39, 0.29) is 17.2 Å². The van der Waals surface area contributed by atoms with E-state index in [9.17, 15) is 17.6 Å². The van der Waals surface area contributed by atoms with Crippen LogP contribution in [0.25, 0.3) is 0 Å². The average molecular weight is 271 g/mol. The third-order valence-corrected chi connectivity index (χ3v) is 4.97. The van der Waals surface area contributed by atoms with Gasteiger partial charge in [-0.2, -0.15) is 4.31 Å². The maximum Gasteiger partial charge on any atom is 0.243 e. The molecule has 0 N–H and O–H groups in total. The van der Waals surface area contributed by atoms with E-state index in [4.69, 9.17) is 0 Å². The number of aryl methyl sites for hydroxylation is 1. The van der Waals surface area contributed by atoms with Crippen molar-refractivity contribution in [2.75, 3.05) is 13.1 Å². The van der Waals surface area contributed by atoms with Gasteiger partial charge in [-0.1, -0.05) is 6.07 Å². The van der Waals surface area contributed by atoms with Gasteiger partial charge in [0.25, 0.3) is 0 Å². The minimum Gasteiger partial charge on any atom is -0.298 e. The zero-order chi connectivity index (χ0) is 13.3. The standard InChI is InChI=1S/C12H14FNO3S/c1-9-4-5-10(13)7-12(9)18(16,17)14-6-2-3-11(15)8-14/h4-5,7H,2-3,6,8H2,1H3. The second kappa shape index (κ2) is 4.78. The average Bonchev–Trinajstić information content (AvgIpc) is 2.32. The number of benzene rings is 1. The first-order valence-electron chi connectivity index (χ1n) is 5.69. The Bertz CT molecular complexity index is 583. The van der Waals surface area contributed by atoms with Crippen LogP contribution in [0, 0.1) is 12.7 Å². The molecular formula is C12H14FNO3S. The smallest absolute Gasteiger partial charge is 0.243 e. The van der Waals surface area contributed by atoms with Crippen LogP contribution in [-0.2, 0) is 14.8 Å². The molecule has 18 heavy (non-hydrogen) atoms. The van der Waals surface area contributed by atoms with Crippen molar-refractivity contribution in [3.63, 3.8) is 0 Å². The zero-order valence-electron chi connectivity index (χ0n) is 10.0. The lowest BCUT2D eigenvalue weighted by Gasteiger charge is -2.25. The van der Waals surface area contributed by atoms with E-state index in [1.54, 1.807) is 6.92 Å². The number of carbonyl (C=O) groups excluding carboxylic acids is 1. The number of Topliss-reactive ketones (excluding diaryl/α,β-unsaturated/α-hetero) is 1. The topological polar surface area (TPSA) is 54.5 Å². The summed E-state index contributed by atoms with van der Waals surface area (Å²) in [5.74, 6) is -0.693. The second-order valence-electron chi connectivity index (χ2n) is 4.39. The van der Waals surface area contributed by atoms with Crippen molar-refractivity contribution < 1.29 is 17.6 Å². The lowest BCUT2D eigenvalue weighted by molar-refractivity contribution is -0.120. The molecule has 0 radical (unpaired) electrons. The van der Waals surface area contributed by atoms with Crippen LogP contribution in [0.3, 0.4) is 0 Å². The zero-order valence-corrected chi connectivity index (χ0v) is 10.8. The largest absolute Gasteiger partial charge is 0.298 e. The maximum absolute atomic E-state index is 13.2. The van der Waals surface area contributed by atoms with Crippen LogP contribution >= 0.6 is 0 Å². The molecule has 1 saturated heterocycles. The Morgan fingerprint density at radius 1 is 1.33 bits per heavy atom. The molecule has 1 aliphatic heterocycles. The molecule has 2 rings (SSSR count). The Labute approximate surface area is 105 Å². The van der Waals surface area contributed by atoms with E-state index in [2.05, 4.69) is 0 Å². The van der Waals surface area contributed by atoms with Gasteiger partial charge < -0.3 is 0 Å². The van der Waals surface area contributed by atoms with E-state index >= 15 is 0 Å². The first-order chi connectivity index (χ1) is 8.41. The van der Waals surface area contributed by atoms with Gasteiger partial charge in [0.1, 0.15) is 11.6 Å². The molecule has 0 saturated carbocycles. The molecule has 6 heteroatoms. The molecule has 0 aliphatic carbocycles. The van der Waals surface area contributed by atoms with Gasteiger partial charge in [0.2, 0.25) is 10.0 Å². The quantitative estimate of drug-likeness (QED) is 0.819. The van der Waals surface area contributed by atoms with Crippen molar-refractivity contribution in [2.24, 2.45) is 0 Å². The van der Waals surface area contributed by atoms with Crippen molar-refractivity contribution in [3.05, 3.63) is 29.6 Å². The Morgan fingerprint density at radius 2 is 2.06 bits per heavy atom. The third kappa shape index (κ3) is 2.44. The monoisotopic (exact) mass is 271 g/mol. The van der Waals surface area contributed by atoms with E-state index in [0.717, 1.165) is 10.4 Å². The summed E-state index contributed by atoms with van der Waals surface area (Å²) < 4.78 is 38.9. The summed E-state index contributed by atoms with van der Waals surface area (Å²) in [6.45, 7) is 1.81. The maximum atomic E-state index is 13.2. The molecule has 0 aromatic heterocycles. The van der Waals surface area contributed by atoms with Gasteiger partial charge in [-0.15, -0.1) is 0 Å². The molecule has 1 heterocycles. The van der Waals surface area contributed by atoms with Crippen LogP contribution in [0.5, 0.6) is 0 Å². The predicted octanol–water partition coefficient (Wildman–Crippen LogP) is 1.49. The molecule has 1 aromatic rings. The second-order valence-corrected chi connectivity index (χ2v) is 6.30. The third-order valence-electron chi connectivity index (χ3n) is 2.98. The Hall–Kier alpha value is -1.27. The van der Waals surface area contributed by atoms with Gasteiger partial charge in [-0.05, 0) is 31.0 Å². The van der Waals surface area contributed by atoms with E-state index in [0.29, 0.717) is 24.9 Å². The molecule has 1 fully saturated rings. The number of ketones is 1. The number of rotatable bonds is 2.